The summed E-state index contributed by atoms with van der Waals surface area (Å²) in [7, 11) is 0. The molecule has 5 heteroatoms. The van der Waals surface area contributed by atoms with Gasteiger partial charge in [0.25, 0.3) is 0 Å². The van der Waals surface area contributed by atoms with Crippen molar-refractivity contribution in [1.29, 1.82) is 0 Å². The van der Waals surface area contributed by atoms with Crippen LogP contribution in [0.15, 0.2) is 0 Å². The Morgan fingerprint density at radius 1 is 1.09 bits per heavy atom. The molecule has 0 spiro atoms. The van der Waals surface area contributed by atoms with Crippen molar-refractivity contribution in [3.8, 4) is 0 Å². The third-order valence-electron chi connectivity index (χ3n) is 4.32. The van der Waals surface area contributed by atoms with Gasteiger partial charge in [-0.1, -0.05) is 32.6 Å². The van der Waals surface area contributed by atoms with Crippen molar-refractivity contribution in [1.82, 2.24) is 0 Å². The second-order valence-corrected chi connectivity index (χ2v) is 6.13. The van der Waals surface area contributed by atoms with E-state index in [0.717, 1.165) is 12.8 Å². The zero-order valence-corrected chi connectivity index (χ0v) is 14.0. The highest BCUT2D eigenvalue weighted by atomic mass is 16.5. The second-order valence-electron chi connectivity index (χ2n) is 6.13. The summed E-state index contributed by atoms with van der Waals surface area (Å²) in [6.45, 7) is 4.93. The molecule has 22 heavy (non-hydrogen) atoms. The monoisotopic (exact) mass is 316 g/mol. The molecule has 0 heterocycles. The predicted molar refractivity (Wildman–Crippen MR) is 84.5 cm³/mol. The highest BCUT2D eigenvalue weighted by Crippen LogP contribution is 2.33. The maximum absolute atomic E-state index is 11.4. The number of ether oxygens (including phenoxy) is 2. The summed E-state index contributed by atoms with van der Waals surface area (Å²) in [5.74, 6) is -0.440. The van der Waals surface area contributed by atoms with Crippen LogP contribution in [0.3, 0.4) is 0 Å². The van der Waals surface area contributed by atoms with E-state index < -0.39 is 12.2 Å². The molecule has 0 radical (unpaired) electrons. The highest BCUT2D eigenvalue weighted by molar-refractivity contribution is 5.69. The van der Waals surface area contributed by atoms with E-state index in [0.29, 0.717) is 26.1 Å². The number of hydrogen-bond acceptors (Lipinski definition) is 5. The smallest absolute Gasteiger partial charge is 0.305 e. The van der Waals surface area contributed by atoms with Crippen molar-refractivity contribution in [2.24, 2.45) is 5.92 Å². The van der Waals surface area contributed by atoms with Crippen LogP contribution in [0.5, 0.6) is 0 Å². The molecule has 0 aromatic heterocycles. The first-order chi connectivity index (χ1) is 10.6. The van der Waals surface area contributed by atoms with Crippen LogP contribution in [0.2, 0.25) is 0 Å². The van der Waals surface area contributed by atoms with Crippen molar-refractivity contribution in [3.63, 3.8) is 0 Å². The molecular weight excluding hydrogens is 284 g/mol. The van der Waals surface area contributed by atoms with Crippen molar-refractivity contribution < 1.29 is 24.5 Å². The lowest BCUT2D eigenvalue weighted by atomic mass is 9.97. The maximum Gasteiger partial charge on any atom is 0.305 e. The fourth-order valence-electron chi connectivity index (χ4n) is 3.09. The average molecular weight is 316 g/mol. The van der Waals surface area contributed by atoms with Crippen LogP contribution >= 0.6 is 0 Å². The van der Waals surface area contributed by atoms with E-state index in [9.17, 15) is 15.0 Å². The number of aliphatic hydroxyl groups is 2. The molecule has 0 aromatic rings. The van der Waals surface area contributed by atoms with Crippen LogP contribution < -0.4 is 0 Å². The highest BCUT2D eigenvalue weighted by Gasteiger charge is 2.42. The van der Waals surface area contributed by atoms with Crippen LogP contribution in [0.4, 0.5) is 0 Å². The fourth-order valence-corrected chi connectivity index (χ4v) is 3.09. The van der Waals surface area contributed by atoms with Crippen molar-refractivity contribution in [2.75, 3.05) is 13.2 Å². The van der Waals surface area contributed by atoms with E-state index in [-0.39, 0.29) is 24.4 Å². The summed E-state index contributed by atoms with van der Waals surface area (Å²) >= 11 is 0. The van der Waals surface area contributed by atoms with Gasteiger partial charge in [0.1, 0.15) is 0 Å². The molecule has 1 aliphatic rings. The number of carbonyl (C=O) groups is 1. The molecule has 2 N–H and O–H groups in total. The first-order valence-electron chi connectivity index (χ1n) is 8.73. The lowest BCUT2D eigenvalue weighted by Crippen LogP contribution is -2.31. The first-order valence-corrected chi connectivity index (χ1v) is 8.73. The molecule has 1 rings (SSSR count). The van der Waals surface area contributed by atoms with Crippen LogP contribution in [0, 0.1) is 5.92 Å². The Morgan fingerprint density at radius 3 is 2.50 bits per heavy atom. The van der Waals surface area contributed by atoms with Crippen LogP contribution in [-0.4, -0.2) is 47.7 Å². The van der Waals surface area contributed by atoms with Crippen LogP contribution in [0.1, 0.15) is 65.2 Å². The van der Waals surface area contributed by atoms with Crippen molar-refractivity contribution in [2.45, 2.75) is 83.5 Å². The van der Waals surface area contributed by atoms with Crippen LogP contribution in [0.25, 0.3) is 0 Å². The molecule has 0 unspecified atom stereocenters. The van der Waals surface area contributed by atoms with Gasteiger partial charge in [0, 0.05) is 25.4 Å². The lowest BCUT2D eigenvalue weighted by Gasteiger charge is -2.23. The van der Waals surface area contributed by atoms with E-state index in [1.54, 1.807) is 6.92 Å². The zero-order chi connectivity index (χ0) is 16.4. The molecule has 0 amide bonds. The summed E-state index contributed by atoms with van der Waals surface area (Å²) in [5.41, 5.74) is 0. The van der Waals surface area contributed by atoms with Crippen molar-refractivity contribution >= 4 is 5.97 Å². The number of unbranched alkanes of at least 4 members (excludes halogenated alkanes) is 4. The van der Waals surface area contributed by atoms with Crippen molar-refractivity contribution in [3.05, 3.63) is 0 Å². The van der Waals surface area contributed by atoms with Gasteiger partial charge in [0.05, 0.1) is 24.9 Å². The lowest BCUT2D eigenvalue weighted by molar-refractivity contribution is -0.144. The summed E-state index contributed by atoms with van der Waals surface area (Å²) in [6, 6.07) is 0. The van der Waals surface area contributed by atoms with Gasteiger partial charge in [-0.05, 0) is 19.8 Å². The number of carbonyl (C=O) groups excluding carboxylic acids is 1. The topological polar surface area (TPSA) is 76.0 Å². The Morgan fingerprint density at radius 2 is 1.82 bits per heavy atom. The largest absolute Gasteiger partial charge is 0.466 e. The molecule has 0 aromatic carbocycles. The maximum atomic E-state index is 11.4. The van der Waals surface area contributed by atoms with Gasteiger partial charge in [-0.2, -0.15) is 0 Å². The minimum atomic E-state index is -0.641. The number of aliphatic hydroxyl groups excluding tert-OH is 2. The zero-order valence-electron chi connectivity index (χ0n) is 14.0. The van der Waals surface area contributed by atoms with Gasteiger partial charge >= 0.3 is 5.97 Å². The molecule has 0 saturated heterocycles. The van der Waals surface area contributed by atoms with Gasteiger partial charge in [-0.15, -0.1) is 0 Å². The molecule has 1 fully saturated rings. The molecule has 5 nitrogen and oxygen atoms in total. The predicted octanol–water partition coefficient (Wildman–Crippen LogP) is 2.43. The number of esters is 1. The molecule has 4 atom stereocenters. The van der Waals surface area contributed by atoms with E-state index in [4.69, 9.17) is 9.47 Å². The molecule has 0 aliphatic heterocycles. The average Bonchev–Trinajstić information content (AvgIpc) is 2.75. The fraction of sp³-hybridized carbons (Fsp3) is 0.941. The van der Waals surface area contributed by atoms with Gasteiger partial charge in [0.15, 0.2) is 0 Å². The Hall–Kier alpha value is -0.650. The molecule has 0 bridgehead atoms. The van der Waals surface area contributed by atoms with E-state index >= 15 is 0 Å². The third kappa shape index (κ3) is 6.63. The number of rotatable bonds is 11. The minimum absolute atomic E-state index is 0.185. The van der Waals surface area contributed by atoms with Gasteiger partial charge in [-0.3, -0.25) is 4.79 Å². The number of hydrogen-bond donors (Lipinski definition) is 2. The minimum Gasteiger partial charge on any atom is -0.466 e. The van der Waals surface area contributed by atoms with E-state index in [1.165, 1.54) is 19.3 Å². The second kappa shape index (κ2) is 11.0. The van der Waals surface area contributed by atoms with Gasteiger partial charge in [-0.25, -0.2) is 0 Å². The SMILES string of the molecule is CCCCCCCO[C@@H]1[C@@H](CCC(=O)OCC)[C@@H](O)C[C@H]1O. The first kappa shape index (κ1) is 19.4. The standard InChI is InChI=1S/C17H32O5/c1-3-5-6-7-8-11-22-17-13(14(18)12-15(17)19)9-10-16(20)21-4-2/h13-15,17-19H,3-12H2,1-2H3/t13-,14-,15+,17+/m0/s1. The Labute approximate surface area is 134 Å². The Bertz CT molecular complexity index is 307. The molecular formula is C17H32O5. The summed E-state index contributed by atoms with van der Waals surface area (Å²) < 4.78 is 10.7. The third-order valence-corrected chi connectivity index (χ3v) is 4.32. The van der Waals surface area contributed by atoms with E-state index in [2.05, 4.69) is 6.92 Å². The Kier molecular flexibility index (Phi) is 9.68. The van der Waals surface area contributed by atoms with Gasteiger partial charge < -0.3 is 19.7 Å². The van der Waals surface area contributed by atoms with E-state index in [1.807, 2.05) is 0 Å². The summed E-state index contributed by atoms with van der Waals surface area (Å²) in [4.78, 5) is 11.4. The normalized spacial score (nSPS) is 28.0. The summed E-state index contributed by atoms with van der Waals surface area (Å²) in [5, 5.41) is 20.1. The van der Waals surface area contributed by atoms with Gasteiger partial charge in [0.2, 0.25) is 0 Å². The molecule has 1 saturated carbocycles. The Balaban J connectivity index is 2.32. The summed E-state index contributed by atoms with van der Waals surface area (Å²) in [6.07, 6.45) is 5.25. The quantitative estimate of drug-likeness (QED) is 0.452. The van der Waals surface area contributed by atoms with Crippen LogP contribution in [-0.2, 0) is 14.3 Å². The molecule has 130 valence electrons. The molecule has 1 aliphatic carbocycles.